The lowest BCUT2D eigenvalue weighted by Gasteiger charge is -2.09. The fraction of sp³-hybridized carbons (Fsp3) is 0.417. The Morgan fingerprint density at radius 2 is 2.12 bits per heavy atom. The first-order valence-electron chi connectivity index (χ1n) is 5.36. The number of hydrogen-bond donors (Lipinski definition) is 2. The van der Waals surface area contributed by atoms with Crippen LogP contribution in [0.5, 0.6) is 0 Å². The van der Waals surface area contributed by atoms with Crippen LogP contribution in [-0.2, 0) is 4.74 Å². The van der Waals surface area contributed by atoms with E-state index in [0.717, 1.165) is 12.1 Å². The van der Waals surface area contributed by atoms with Gasteiger partial charge in [-0.25, -0.2) is 0 Å². The Hall–Kier alpha value is -1.55. The fourth-order valence-corrected chi connectivity index (χ4v) is 1.29. The molecular formula is C12H19N3O. The summed E-state index contributed by atoms with van der Waals surface area (Å²) in [5, 5.41) is 3.04. The predicted octanol–water partition coefficient (Wildman–Crippen LogP) is 1.84. The van der Waals surface area contributed by atoms with Crippen LogP contribution in [0, 0.1) is 0 Å². The van der Waals surface area contributed by atoms with E-state index in [2.05, 4.69) is 10.3 Å². The molecule has 16 heavy (non-hydrogen) atoms. The van der Waals surface area contributed by atoms with Gasteiger partial charge >= 0.3 is 0 Å². The van der Waals surface area contributed by atoms with Gasteiger partial charge in [-0.05, 0) is 25.5 Å². The number of nitrogens with one attached hydrogen (secondary N) is 1. The molecule has 3 N–H and O–H groups in total. The molecule has 0 heterocycles. The molecule has 0 aliphatic rings. The minimum atomic E-state index is 0.163. The number of rotatable bonds is 5. The van der Waals surface area contributed by atoms with E-state index in [1.165, 1.54) is 0 Å². The molecular weight excluding hydrogens is 202 g/mol. The molecule has 1 atom stereocenters. The van der Waals surface area contributed by atoms with Gasteiger partial charge in [-0.3, -0.25) is 4.99 Å². The Morgan fingerprint density at radius 3 is 2.75 bits per heavy atom. The average molecular weight is 221 g/mol. The van der Waals surface area contributed by atoms with Gasteiger partial charge in [0, 0.05) is 19.4 Å². The van der Waals surface area contributed by atoms with Crippen molar-refractivity contribution < 1.29 is 4.74 Å². The molecule has 88 valence electrons. The van der Waals surface area contributed by atoms with Crippen molar-refractivity contribution in [2.24, 2.45) is 10.7 Å². The van der Waals surface area contributed by atoms with Crippen LogP contribution in [0.15, 0.2) is 35.3 Å². The van der Waals surface area contributed by atoms with E-state index in [0.29, 0.717) is 12.6 Å². The summed E-state index contributed by atoms with van der Waals surface area (Å²) in [7, 11) is 1.68. The summed E-state index contributed by atoms with van der Waals surface area (Å²) < 4.78 is 4.98. The van der Waals surface area contributed by atoms with Crippen molar-refractivity contribution in [2.75, 3.05) is 19.0 Å². The molecule has 0 saturated heterocycles. The molecule has 1 unspecified atom stereocenters. The van der Waals surface area contributed by atoms with Gasteiger partial charge in [0.15, 0.2) is 5.96 Å². The molecule has 0 aliphatic heterocycles. The number of benzene rings is 1. The van der Waals surface area contributed by atoms with Gasteiger partial charge in [-0.15, -0.1) is 0 Å². The maximum absolute atomic E-state index is 5.78. The molecule has 0 aromatic heterocycles. The Labute approximate surface area is 96.5 Å². The van der Waals surface area contributed by atoms with E-state index in [9.17, 15) is 0 Å². The average Bonchev–Trinajstić information content (AvgIpc) is 2.27. The summed E-state index contributed by atoms with van der Waals surface area (Å²) in [6, 6.07) is 9.91. The summed E-state index contributed by atoms with van der Waals surface area (Å²) in [5.74, 6) is 0.440. The molecule has 4 heteroatoms. The summed E-state index contributed by atoms with van der Waals surface area (Å²) in [5.41, 5.74) is 6.72. The lowest BCUT2D eigenvalue weighted by molar-refractivity contribution is 0.190. The lowest BCUT2D eigenvalue weighted by atomic mass is 10.2. The number of anilines is 1. The first-order chi connectivity index (χ1) is 7.72. The van der Waals surface area contributed by atoms with Gasteiger partial charge in [0.2, 0.25) is 0 Å². The Bertz CT molecular complexity index is 324. The highest BCUT2D eigenvalue weighted by Crippen LogP contribution is 2.04. The highest BCUT2D eigenvalue weighted by Gasteiger charge is 2.00. The number of ether oxygens (including phenoxy) is 1. The molecule has 1 aromatic carbocycles. The minimum Gasteiger partial charge on any atom is -0.385 e. The number of nitrogens with zero attached hydrogens (tertiary/aromatic N) is 1. The van der Waals surface area contributed by atoms with Gasteiger partial charge in [0.05, 0.1) is 6.04 Å². The molecule has 0 spiro atoms. The first kappa shape index (κ1) is 12.5. The van der Waals surface area contributed by atoms with Crippen molar-refractivity contribution in [3.8, 4) is 0 Å². The second-order valence-electron chi connectivity index (χ2n) is 3.64. The molecule has 0 amide bonds. The number of guanidine groups is 1. The number of hydrogen-bond acceptors (Lipinski definition) is 2. The highest BCUT2D eigenvalue weighted by molar-refractivity contribution is 5.92. The van der Waals surface area contributed by atoms with Gasteiger partial charge < -0.3 is 15.8 Å². The van der Waals surface area contributed by atoms with Gasteiger partial charge in [-0.2, -0.15) is 0 Å². The number of para-hydroxylation sites is 1. The van der Waals surface area contributed by atoms with Crippen LogP contribution in [0.3, 0.4) is 0 Å². The van der Waals surface area contributed by atoms with Crippen LogP contribution in [-0.4, -0.2) is 25.7 Å². The highest BCUT2D eigenvalue weighted by atomic mass is 16.5. The van der Waals surface area contributed by atoms with Crippen molar-refractivity contribution in [2.45, 2.75) is 19.4 Å². The quantitative estimate of drug-likeness (QED) is 0.589. The normalized spacial score (nSPS) is 13.5. The number of nitrogens with two attached hydrogens (primary N) is 1. The van der Waals surface area contributed by atoms with Crippen LogP contribution in [0.25, 0.3) is 0 Å². The number of aliphatic imine (C=N–C) groups is 1. The summed E-state index contributed by atoms with van der Waals surface area (Å²) in [6.45, 7) is 2.71. The third kappa shape index (κ3) is 4.79. The van der Waals surface area contributed by atoms with Gasteiger partial charge in [0.1, 0.15) is 0 Å². The van der Waals surface area contributed by atoms with Crippen molar-refractivity contribution in [1.29, 1.82) is 0 Å². The SMILES string of the molecule is COCCC(C)N=C(N)Nc1ccccc1. The van der Waals surface area contributed by atoms with E-state index in [1.807, 2.05) is 37.3 Å². The smallest absolute Gasteiger partial charge is 0.193 e. The van der Waals surface area contributed by atoms with Crippen LogP contribution in [0.4, 0.5) is 5.69 Å². The van der Waals surface area contributed by atoms with Crippen LogP contribution in [0.1, 0.15) is 13.3 Å². The number of methoxy groups -OCH3 is 1. The Morgan fingerprint density at radius 1 is 1.44 bits per heavy atom. The van der Waals surface area contributed by atoms with Gasteiger partial charge in [0.25, 0.3) is 0 Å². The largest absolute Gasteiger partial charge is 0.385 e. The van der Waals surface area contributed by atoms with Gasteiger partial charge in [-0.1, -0.05) is 18.2 Å². The summed E-state index contributed by atoms with van der Waals surface area (Å²) in [6.07, 6.45) is 0.869. The lowest BCUT2D eigenvalue weighted by Crippen LogP contribution is -2.24. The zero-order valence-corrected chi connectivity index (χ0v) is 9.81. The zero-order chi connectivity index (χ0) is 11.8. The third-order valence-electron chi connectivity index (χ3n) is 2.15. The molecule has 0 saturated carbocycles. The fourth-order valence-electron chi connectivity index (χ4n) is 1.29. The summed E-state index contributed by atoms with van der Waals surface area (Å²) in [4.78, 5) is 4.31. The molecule has 1 rings (SSSR count). The maximum atomic E-state index is 5.78. The van der Waals surface area contributed by atoms with E-state index < -0.39 is 0 Å². The Balaban J connectivity index is 2.45. The second-order valence-corrected chi connectivity index (χ2v) is 3.64. The molecule has 0 radical (unpaired) electrons. The van der Waals surface area contributed by atoms with Crippen molar-refractivity contribution in [3.63, 3.8) is 0 Å². The molecule has 0 fully saturated rings. The predicted molar refractivity (Wildman–Crippen MR) is 67.6 cm³/mol. The monoisotopic (exact) mass is 221 g/mol. The minimum absolute atomic E-state index is 0.163. The van der Waals surface area contributed by atoms with Crippen LogP contribution in [0.2, 0.25) is 0 Å². The summed E-state index contributed by atoms with van der Waals surface area (Å²) >= 11 is 0. The van der Waals surface area contributed by atoms with Crippen LogP contribution >= 0.6 is 0 Å². The standard InChI is InChI=1S/C12H19N3O/c1-10(8-9-16-2)14-12(13)15-11-6-4-3-5-7-11/h3-7,10H,8-9H2,1-2H3,(H3,13,14,15). The molecule has 1 aromatic rings. The van der Waals surface area contributed by atoms with E-state index in [1.54, 1.807) is 7.11 Å². The topological polar surface area (TPSA) is 59.6 Å². The van der Waals surface area contributed by atoms with Crippen molar-refractivity contribution in [3.05, 3.63) is 30.3 Å². The molecule has 0 bridgehead atoms. The second kappa shape index (κ2) is 6.85. The zero-order valence-electron chi connectivity index (χ0n) is 9.81. The van der Waals surface area contributed by atoms with Crippen molar-refractivity contribution in [1.82, 2.24) is 0 Å². The third-order valence-corrected chi connectivity index (χ3v) is 2.15. The maximum Gasteiger partial charge on any atom is 0.193 e. The molecule has 0 aliphatic carbocycles. The first-order valence-corrected chi connectivity index (χ1v) is 5.36. The van der Waals surface area contributed by atoms with E-state index in [-0.39, 0.29) is 6.04 Å². The van der Waals surface area contributed by atoms with Crippen LogP contribution < -0.4 is 11.1 Å². The molecule has 4 nitrogen and oxygen atoms in total. The van der Waals surface area contributed by atoms with E-state index >= 15 is 0 Å². The van der Waals surface area contributed by atoms with Crippen molar-refractivity contribution >= 4 is 11.6 Å². The van der Waals surface area contributed by atoms with E-state index in [4.69, 9.17) is 10.5 Å². The Kier molecular flexibility index (Phi) is 5.36.